The Kier molecular flexibility index (Phi) is 10.0. The van der Waals surface area contributed by atoms with Gasteiger partial charge in [0.05, 0.1) is 22.7 Å². The Morgan fingerprint density at radius 2 is 1.69 bits per heavy atom. The third-order valence-corrected chi connectivity index (χ3v) is 6.31. The van der Waals surface area contributed by atoms with Gasteiger partial charge in [0.15, 0.2) is 0 Å². The molecule has 0 fully saturated rings. The lowest BCUT2D eigenvalue weighted by atomic mass is 9.83. The highest BCUT2D eigenvalue weighted by atomic mass is 35.5. The number of methoxy groups -OCH3 is 1. The van der Waals surface area contributed by atoms with Gasteiger partial charge >= 0.3 is 12.3 Å². The fourth-order valence-electron chi connectivity index (χ4n) is 3.66. The number of alkyl halides is 3. The molecule has 2 aromatic carbocycles. The number of ether oxygens (including phenoxy) is 2. The van der Waals surface area contributed by atoms with E-state index in [1.165, 1.54) is 51.5 Å². The van der Waals surface area contributed by atoms with E-state index in [0.717, 1.165) is 9.80 Å². The number of likely N-dealkylation sites (N-methyl/N-ethyl adjacent to an activating group) is 2. The zero-order valence-electron chi connectivity index (χ0n) is 19.8. The highest BCUT2D eigenvalue weighted by Gasteiger charge is 2.43. The van der Waals surface area contributed by atoms with Gasteiger partial charge in [-0.25, -0.2) is 4.79 Å². The smallest absolute Gasteiger partial charge is 0.415 e. The van der Waals surface area contributed by atoms with Gasteiger partial charge in [-0.05, 0) is 36.2 Å². The number of carbonyl (C=O) groups is 3. The number of aldehydes is 1. The summed E-state index contributed by atoms with van der Waals surface area (Å²) in [6.45, 7) is -0.391. The van der Waals surface area contributed by atoms with E-state index in [0.29, 0.717) is 17.6 Å². The fraction of sp³-hybridized carbons (Fsp3) is 0.375. The molecular formula is C24H25Cl2F3N2O5. The molecule has 0 N–H and O–H groups in total. The van der Waals surface area contributed by atoms with E-state index in [1.807, 2.05) is 0 Å². The Balaban J connectivity index is 2.55. The molecule has 0 aliphatic carbocycles. The van der Waals surface area contributed by atoms with Crippen molar-refractivity contribution >= 4 is 41.5 Å². The molecule has 36 heavy (non-hydrogen) atoms. The average molecular weight is 549 g/mol. The van der Waals surface area contributed by atoms with Crippen LogP contribution in [0.15, 0.2) is 42.5 Å². The number of carbonyl (C=O) groups excluding carboxylic acids is 3. The molecule has 2 aromatic rings. The summed E-state index contributed by atoms with van der Waals surface area (Å²) < 4.78 is 49.3. The van der Waals surface area contributed by atoms with Crippen LogP contribution in [-0.2, 0) is 15.1 Å². The molecule has 0 radical (unpaired) electrons. The molecule has 2 amide bonds. The van der Waals surface area contributed by atoms with E-state index in [4.69, 9.17) is 32.7 Å². The summed E-state index contributed by atoms with van der Waals surface area (Å²) in [4.78, 5) is 38.9. The van der Waals surface area contributed by atoms with Crippen LogP contribution in [0.25, 0.3) is 0 Å². The van der Waals surface area contributed by atoms with E-state index < -0.39 is 36.7 Å². The number of hydrogen-bond donors (Lipinski definition) is 0. The van der Waals surface area contributed by atoms with Crippen LogP contribution in [0.1, 0.15) is 24.8 Å². The van der Waals surface area contributed by atoms with Gasteiger partial charge in [0, 0.05) is 33.1 Å². The predicted molar refractivity (Wildman–Crippen MR) is 129 cm³/mol. The van der Waals surface area contributed by atoms with Crippen LogP contribution in [0.2, 0.25) is 10.0 Å². The summed E-state index contributed by atoms with van der Waals surface area (Å²) >= 11 is 12.3. The number of halogens is 5. The first-order chi connectivity index (χ1) is 16.8. The molecule has 2 rings (SSSR count). The van der Waals surface area contributed by atoms with Crippen LogP contribution in [-0.4, -0.2) is 62.0 Å². The maximum absolute atomic E-state index is 13.3. The minimum atomic E-state index is -4.72. The summed E-state index contributed by atoms with van der Waals surface area (Å²) in [5, 5.41) is 0.316. The van der Waals surface area contributed by atoms with Crippen molar-refractivity contribution in [2.45, 2.75) is 31.0 Å². The Morgan fingerprint density at radius 1 is 1.03 bits per heavy atom. The van der Waals surface area contributed by atoms with E-state index in [-0.39, 0.29) is 28.6 Å². The van der Waals surface area contributed by atoms with Crippen molar-refractivity contribution in [3.63, 3.8) is 0 Å². The molecule has 0 saturated heterocycles. The monoisotopic (exact) mass is 548 g/mol. The third-order valence-electron chi connectivity index (χ3n) is 5.57. The van der Waals surface area contributed by atoms with E-state index in [2.05, 4.69) is 0 Å². The first kappa shape index (κ1) is 29.3. The number of rotatable bonds is 10. The first-order valence-electron chi connectivity index (χ1n) is 10.6. The summed E-state index contributed by atoms with van der Waals surface area (Å²) in [7, 11) is 3.98. The van der Waals surface area contributed by atoms with Gasteiger partial charge in [0.25, 0.3) is 0 Å². The molecule has 196 valence electrons. The van der Waals surface area contributed by atoms with Gasteiger partial charge in [0.2, 0.25) is 5.91 Å². The number of hydrogen-bond acceptors (Lipinski definition) is 5. The molecule has 0 aliphatic rings. The summed E-state index contributed by atoms with van der Waals surface area (Å²) in [6, 6.07) is 10.6. The molecule has 0 aliphatic heterocycles. The number of benzene rings is 2. The lowest BCUT2D eigenvalue weighted by Crippen LogP contribution is -2.55. The summed E-state index contributed by atoms with van der Waals surface area (Å²) in [5.74, 6) is -0.643. The molecule has 1 atom stereocenters. The average Bonchev–Trinajstić information content (AvgIpc) is 2.81. The highest BCUT2D eigenvalue weighted by Crippen LogP contribution is 2.38. The Hall–Kier alpha value is -2.98. The van der Waals surface area contributed by atoms with Crippen LogP contribution in [0.3, 0.4) is 0 Å². The van der Waals surface area contributed by atoms with Crippen LogP contribution >= 0.6 is 23.2 Å². The van der Waals surface area contributed by atoms with E-state index in [1.54, 1.807) is 12.1 Å². The minimum absolute atomic E-state index is 0.0538. The lowest BCUT2D eigenvalue weighted by molar-refractivity contribution is -0.161. The van der Waals surface area contributed by atoms with Gasteiger partial charge in [-0.1, -0.05) is 35.3 Å². The summed E-state index contributed by atoms with van der Waals surface area (Å²) in [5.41, 5.74) is -1.16. The quantitative estimate of drug-likeness (QED) is 0.355. The zero-order chi connectivity index (χ0) is 27.1. The van der Waals surface area contributed by atoms with Crippen molar-refractivity contribution in [2.75, 3.05) is 27.7 Å². The van der Waals surface area contributed by atoms with Crippen molar-refractivity contribution in [3.8, 4) is 11.5 Å². The largest absolute Gasteiger partial charge is 0.497 e. The molecule has 0 unspecified atom stereocenters. The Morgan fingerprint density at radius 3 is 2.28 bits per heavy atom. The molecule has 0 heterocycles. The predicted octanol–water partition coefficient (Wildman–Crippen LogP) is 5.72. The standard InChI is InChI=1S/C24H25Cl2F3N2O5/c1-30(21(33)14-24(27,28)29)15-23(10-5-11-32,16-8-9-19(25)20(26)12-16)31(2)22(34)36-18-7-4-6-17(13-18)35-3/h4,6-9,11-13H,5,10,14-15H2,1-3H3/t23-/m1/s1. The van der Waals surface area contributed by atoms with Crippen molar-refractivity contribution in [1.29, 1.82) is 0 Å². The maximum atomic E-state index is 13.3. The summed E-state index contributed by atoms with van der Waals surface area (Å²) in [6.07, 6.45) is -6.84. The number of amides is 2. The molecule has 0 bridgehead atoms. The second-order valence-corrected chi connectivity index (χ2v) is 8.83. The maximum Gasteiger partial charge on any atom is 0.415 e. The topological polar surface area (TPSA) is 76.2 Å². The van der Waals surface area contributed by atoms with E-state index >= 15 is 0 Å². The van der Waals surface area contributed by atoms with Crippen LogP contribution in [0.4, 0.5) is 18.0 Å². The molecule has 0 spiro atoms. The Labute approximate surface area is 216 Å². The second kappa shape index (κ2) is 12.3. The molecule has 12 heteroatoms. The second-order valence-electron chi connectivity index (χ2n) is 8.01. The third kappa shape index (κ3) is 7.51. The zero-order valence-corrected chi connectivity index (χ0v) is 21.3. The first-order valence-corrected chi connectivity index (χ1v) is 11.4. The molecule has 0 aromatic heterocycles. The minimum Gasteiger partial charge on any atom is -0.497 e. The van der Waals surface area contributed by atoms with E-state index in [9.17, 15) is 27.6 Å². The highest BCUT2D eigenvalue weighted by molar-refractivity contribution is 6.42. The molecule has 0 saturated carbocycles. The molecular weight excluding hydrogens is 524 g/mol. The van der Waals surface area contributed by atoms with Gasteiger partial charge in [-0.15, -0.1) is 0 Å². The van der Waals surface area contributed by atoms with Crippen molar-refractivity contribution in [1.82, 2.24) is 9.80 Å². The molecule has 7 nitrogen and oxygen atoms in total. The van der Waals surface area contributed by atoms with Gasteiger partial charge in [-0.3, -0.25) is 9.69 Å². The van der Waals surface area contributed by atoms with Gasteiger partial charge in [0.1, 0.15) is 24.2 Å². The van der Waals surface area contributed by atoms with Crippen molar-refractivity contribution in [3.05, 3.63) is 58.1 Å². The van der Waals surface area contributed by atoms with Crippen LogP contribution in [0.5, 0.6) is 11.5 Å². The fourth-order valence-corrected chi connectivity index (χ4v) is 3.96. The van der Waals surface area contributed by atoms with Crippen LogP contribution in [0, 0.1) is 0 Å². The Bertz CT molecular complexity index is 1100. The van der Waals surface area contributed by atoms with Crippen molar-refractivity contribution in [2.24, 2.45) is 0 Å². The van der Waals surface area contributed by atoms with Gasteiger partial charge in [-0.2, -0.15) is 13.2 Å². The van der Waals surface area contributed by atoms with Gasteiger partial charge < -0.3 is 19.2 Å². The number of nitrogens with zero attached hydrogens (tertiary/aromatic N) is 2. The van der Waals surface area contributed by atoms with Crippen molar-refractivity contribution < 1.29 is 37.0 Å². The normalized spacial score (nSPS) is 12.9. The van der Waals surface area contributed by atoms with Crippen LogP contribution < -0.4 is 9.47 Å². The lowest BCUT2D eigenvalue weighted by Gasteiger charge is -2.44. The SMILES string of the molecule is COc1cccc(OC(=O)N(C)[C@](CCC=O)(CN(C)C(=O)CC(F)(F)F)c2ccc(Cl)c(Cl)c2)c1.